The third-order valence-corrected chi connectivity index (χ3v) is 2.94. The minimum atomic E-state index is 0.794. The maximum atomic E-state index is 4.42. The second-order valence-corrected chi connectivity index (χ2v) is 4.31. The summed E-state index contributed by atoms with van der Waals surface area (Å²) in [4.78, 5) is 13.1. The molecule has 2 aromatic rings. The fourth-order valence-electron chi connectivity index (χ4n) is 2.13. The van der Waals surface area contributed by atoms with Crippen molar-refractivity contribution in [2.24, 2.45) is 0 Å². The lowest BCUT2D eigenvalue weighted by atomic mass is 10.2. The van der Waals surface area contributed by atoms with Gasteiger partial charge in [-0.25, -0.2) is 9.97 Å². The smallest absolute Gasteiger partial charge is 0.178 e. The highest BCUT2D eigenvalue weighted by molar-refractivity contribution is 5.75. The standard InChI is InChI=1S/C13H14N4/c1-10-4-3-5-11(8-10)17-9-16(2)12-13(17)15-7-6-14-12/h3-8H,9H2,1-2H3. The van der Waals surface area contributed by atoms with E-state index in [9.17, 15) is 0 Å². The number of aromatic nitrogens is 2. The molecule has 1 aliphatic rings. The minimum absolute atomic E-state index is 0.794. The van der Waals surface area contributed by atoms with Crippen molar-refractivity contribution in [1.82, 2.24) is 9.97 Å². The molecule has 1 aliphatic heterocycles. The van der Waals surface area contributed by atoms with Gasteiger partial charge in [0.2, 0.25) is 0 Å². The van der Waals surface area contributed by atoms with E-state index < -0.39 is 0 Å². The van der Waals surface area contributed by atoms with E-state index in [2.05, 4.69) is 51.0 Å². The van der Waals surface area contributed by atoms with Gasteiger partial charge in [-0.05, 0) is 24.6 Å². The molecule has 0 fully saturated rings. The molecular weight excluding hydrogens is 212 g/mol. The number of fused-ring (bicyclic) bond motifs is 1. The first kappa shape index (κ1) is 10.1. The molecule has 0 N–H and O–H groups in total. The normalized spacial score (nSPS) is 14.0. The Morgan fingerprint density at radius 2 is 1.88 bits per heavy atom. The summed E-state index contributed by atoms with van der Waals surface area (Å²) >= 11 is 0. The van der Waals surface area contributed by atoms with E-state index in [1.807, 2.05) is 7.05 Å². The number of rotatable bonds is 1. The van der Waals surface area contributed by atoms with Crippen LogP contribution in [0.4, 0.5) is 17.3 Å². The van der Waals surface area contributed by atoms with Crippen LogP contribution in [0.3, 0.4) is 0 Å². The fourth-order valence-corrected chi connectivity index (χ4v) is 2.13. The lowest BCUT2D eigenvalue weighted by Gasteiger charge is -2.18. The van der Waals surface area contributed by atoms with E-state index in [1.54, 1.807) is 12.4 Å². The molecule has 0 atom stereocenters. The highest BCUT2D eigenvalue weighted by Gasteiger charge is 2.26. The summed E-state index contributed by atoms with van der Waals surface area (Å²) in [6.07, 6.45) is 3.47. The number of nitrogens with zero attached hydrogens (tertiary/aromatic N) is 4. The van der Waals surface area contributed by atoms with Gasteiger partial charge < -0.3 is 9.80 Å². The Kier molecular flexibility index (Phi) is 2.21. The van der Waals surface area contributed by atoms with E-state index >= 15 is 0 Å². The topological polar surface area (TPSA) is 32.3 Å². The summed E-state index contributed by atoms with van der Waals surface area (Å²) in [5, 5.41) is 0. The van der Waals surface area contributed by atoms with Crippen LogP contribution in [0.1, 0.15) is 5.56 Å². The lowest BCUT2D eigenvalue weighted by molar-refractivity contribution is 0.935. The van der Waals surface area contributed by atoms with Crippen LogP contribution in [0.15, 0.2) is 36.7 Å². The van der Waals surface area contributed by atoms with Crippen LogP contribution in [0, 0.1) is 6.92 Å². The monoisotopic (exact) mass is 226 g/mol. The number of aryl methyl sites for hydroxylation is 1. The Bertz CT molecular complexity index is 553. The molecule has 4 nitrogen and oxygen atoms in total. The molecule has 0 radical (unpaired) electrons. The quantitative estimate of drug-likeness (QED) is 0.747. The molecule has 0 saturated heterocycles. The largest absolute Gasteiger partial charge is 0.338 e. The zero-order valence-electron chi connectivity index (χ0n) is 9.96. The Balaban J connectivity index is 2.07. The molecular formula is C13H14N4. The van der Waals surface area contributed by atoms with Crippen molar-refractivity contribution >= 4 is 17.3 Å². The highest BCUT2D eigenvalue weighted by Crippen LogP contribution is 2.35. The van der Waals surface area contributed by atoms with Gasteiger partial charge in [0.1, 0.15) is 0 Å². The molecule has 3 rings (SSSR count). The molecule has 1 aromatic heterocycles. The predicted molar refractivity (Wildman–Crippen MR) is 68.6 cm³/mol. The summed E-state index contributed by atoms with van der Waals surface area (Å²) in [5.74, 6) is 1.87. The van der Waals surface area contributed by atoms with Crippen molar-refractivity contribution in [1.29, 1.82) is 0 Å². The first-order valence-electron chi connectivity index (χ1n) is 5.62. The van der Waals surface area contributed by atoms with Gasteiger partial charge in [0.25, 0.3) is 0 Å². The molecule has 4 heteroatoms. The molecule has 0 amide bonds. The van der Waals surface area contributed by atoms with Crippen LogP contribution in [0.25, 0.3) is 0 Å². The van der Waals surface area contributed by atoms with Gasteiger partial charge in [0.05, 0.1) is 6.67 Å². The van der Waals surface area contributed by atoms with Crippen LogP contribution >= 0.6 is 0 Å². The third-order valence-electron chi connectivity index (χ3n) is 2.94. The van der Waals surface area contributed by atoms with Gasteiger partial charge in [-0.15, -0.1) is 0 Å². The number of benzene rings is 1. The van der Waals surface area contributed by atoms with E-state index in [-0.39, 0.29) is 0 Å². The second-order valence-electron chi connectivity index (χ2n) is 4.31. The van der Waals surface area contributed by atoms with E-state index in [1.165, 1.54) is 5.56 Å². The van der Waals surface area contributed by atoms with Crippen LogP contribution in [-0.4, -0.2) is 23.7 Å². The van der Waals surface area contributed by atoms with Crippen molar-refractivity contribution in [3.63, 3.8) is 0 Å². The Hall–Kier alpha value is -2.10. The average molecular weight is 226 g/mol. The maximum Gasteiger partial charge on any atom is 0.178 e. The molecule has 17 heavy (non-hydrogen) atoms. The van der Waals surface area contributed by atoms with Gasteiger partial charge in [0, 0.05) is 25.1 Å². The van der Waals surface area contributed by atoms with E-state index in [4.69, 9.17) is 0 Å². The minimum Gasteiger partial charge on any atom is -0.338 e. The molecule has 0 bridgehead atoms. The van der Waals surface area contributed by atoms with Crippen molar-refractivity contribution in [2.45, 2.75) is 6.92 Å². The van der Waals surface area contributed by atoms with Crippen LogP contribution < -0.4 is 9.80 Å². The summed E-state index contributed by atoms with van der Waals surface area (Å²) in [7, 11) is 2.03. The summed E-state index contributed by atoms with van der Waals surface area (Å²) in [6.45, 7) is 2.89. The third kappa shape index (κ3) is 1.62. The van der Waals surface area contributed by atoms with Gasteiger partial charge in [0.15, 0.2) is 11.6 Å². The number of hydrogen-bond donors (Lipinski definition) is 0. The first-order chi connectivity index (χ1) is 8.25. The van der Waals surface area contributed by atoms with Crippen LogP contribution in [0.5, 0.6) is 0 Å². The SMILES string of the molecule is Cc1cccc(N2CN(C)c3nccnc32)c1. The molecule has 2 heterocycles. The van der Waals surface area contributed by atoms with Crippen LogP contribution in [-0.2, 0) is 0 Å². The van der Waals surface area contributed by atoms with E-state index in [0.717, 1.165) is 24.0 Å². The van der Waals surface area contributed by atoms with Gasteiger partial charge in [-0.3, -0.25) is 0 Å². The highest BCUT2D eigenvalue weighted by atomic mass is 15.4. The molecule has 0 aliphatic carbocycles. The molecule has 1 aromatic carbocycles. The zero-order valence-corrected chi connectivity index (χ0v) is 9.96. The summed E-state index contributed by atoms with van der Waals surface area (Å²) in [5.41, 5.74) is 2.42. The fraction of sp³-hybridized carbons (Fsp3) is 0.231. The number of hydrogen-bond acceptors (Lipinski definition) is 4. The lowest BCUT2D eigenvalue weighted by Crippen LogP contribution is -2.24. The Labute approximate surface area is 101 Å². The van der Waals surface area contributed by atoms with Gasteiger partial charge in [-0.2, -0.15) is 0 Å². The summed E-state index contributed by atoms with van der Waals surface area (Å²) < 4.78 is 0. The molecule has 0 unspecified atom stereocenters. The molecule has 86 valence electrons. The predicted octanol–water partition coefficient (Wildman–Crippen LogP) is 2.33. The molecule has 0 spiro atoms. The average Bonchev–Trinajstić information content (AvgIpc) is 2.68. The second kappa shape index (κ2) is 3.73. The Morgan fingerprint density at radius 3 is 2.65 bits per heavy atom. The van der Waals surface area contributed by atoms with Crippen molar-refractivity contribution in [3.05, 3.63) is 42.2 Å². The Morgan fingerprint density at radius 1 is 1.12 bits per heavy atom. The van der Waals surface area contributed by atoms with Crippen LogP contribution in [0.2, 0.25) is 0 Å². The van der Waals surface area contributed by atoms with Gasteiger partial charge >= 0.3 is 0 Å². The van der Waals surface area contributed by atoms with Gasteiger partial charge in [-0.1, -0.05) is 12.1 Å². The summed E-state index contributed by atoms with van der Waals surface area (Å²) in [6, 6.07) is 8.43. The molecule has 0 saturated carbocycles. The van der Waals surface area contributed by atoms with E-state index in [0.29, 0.717) is 0 Å². The number of anilines is 3. The zero-order chi connectivity index (χ0) is 11.8. The van der Waals surface area contributed by atoms with Crippen molar-refractivity contribution in [2.75, 3.05) is 23.5 Å². The maximum absolute atomic E-state index is 4.42. The first-order valence-corrected chi connectivity index (χ1v) is 5.62. The van der Waals surface area contributed by atoms with Crippen molar-refractivity contribution in [3.8, 4) is 0 Å². The van der Waals surface area contributed by atoms with Crippen molar-refractivity contribution < 1.29 is 0 Å².